The van der Waals surface area contributed by atoms with Crippen LogP contribution in [-0.2, 0) is 6.42 Å². The van der Waals surface area contributed by atoms with E-state index in [1.807, 2.05) is 0 Å². The average Bonchev–Trinajstić information content (AvgIpc) is 2.83. The van der Waals surface area contributed by atoms with Crippen LogP contribution in [0.5, 0.6) is 5.75 Å². The zero-order valence-electron chi connectivity index (χ0n) is 18.3. The Kier molecular flexibility index (Phi) is 7.00. The van der Waals surface area contributed by atoms with E-state index in [4.69, 9.17) is 9.15 Å². The lowest BCUT2D eigenvalue weighted by Crippen LogP contribution is -2.37. The van der Waals surface area contributed by atoms with E-state index in [0.717, 1.165) is 45.3 Å². The Morgan fingerprint density at radius 2 is 1.88 bits per heavy atom. The quantitative estimate of drug-likeness (QED) is 0.372. The van der Waals surface area contributed by atoms with E-state index < -0.39 is 0 Å². The Hall–Kier alpha value is -2.99. The largest absolute Gasteiger partial charge is 0.497 e. The van der Waals surface area contributed by atoms with Crippen LogP contribution in [0.15, 0.2) is 57.9 Å². The number of methoxy groups -OCH3 is 1. The zero-order valence-corrected chi connectivity index (χ0v) is 18.3. The monoisotopic (exact) mass is 437 g/mol. The predicted octanol–water partition coefficient (Wildman–Crippen LogP) is 4.86. The van der Waals surface area contributed by atoms with Gasteiger partial charge in [-0.05, 0) is 94.2 Å². The van der Waals surface area contributed by atoms with E-state index in [9.17, 15) is 14.0 Å². The fourth-order valence-electron chi connectivity index (χ4n) is 4.37. The highest BCUT2D eigenvalue weighted by atomic mass is 19.1. The first-order valence-electron chi connectivity index (χ1n) is 11.2. The van der Waals surface area contributed by atoms with E-state index in [1.165, 1.54) is 12.1 Å². The zero-order chi connectivity index (χ0) is 22.5. The summed E-state index contributed by atoms with van der Waals surface area (Å²) in [5, 5.41) is 0.551. The van der Waals surface area contributed by atoms with E-state index in [-0.39, 0.29) is 22.9 Å². The van der Waals surface area contributed by atoms with Crippen LogP contribution in [0, 0.1) is 11.7 Å². The Morgan fingerprint density at radius 3 is 2.59 bits per heavy atom. The van der Waals surface area contributed by atoms with Crippen molar-refractivity contribution in [3.05, 3.63) is 75.9 Å². The van der Waals surface area contributed by atoms with Gasteiger partial charge >= 0.3 is 0 Å². The van der Waals surface area contributed by atoms with Gasteiger partial charge < -0.3 is 14.1 Å². The number of Topliss-reactive ketones (excluding diaryl/α,β-unsaturated/α-hetero) is 1. The number of benzene rings is 2. The molecule has 4 rings (SSSR count). The molecule has 6 heteroatoms. The number of hydrogen-bond donors (Lipinski definition) is 0. The van der Waals surface area contributed by atoms with Gasteiger partial charge in [0.25, 0.3) is 0 Å². The number of hydrogen-bond acceptors (Lipinski definition) is 5. The molecule has 0 unspecified atom stereocenters. The Bertz CT molecular complexity index is 1130. The molecule has 168 valence electrons. The molecule has 0 aliphatic carbocycles. The van der Waals surface area contributed by atoms with Crippen molar-refractivity contribution < 1.29 is 18.3 Å². The Morgan fingerprint density at radius 1 is 1.12 bits per heavy atom. The van der Waals surface area contributed by atoms with Crippen LogP contribution in [0.25, 0.3) is 11.0 Å². The second-order valence-electron chi connectivity index (χ2n) is 8.40. The van der Waals surface area contributed by atoms with Gasteiger partial charge in [0.1, 0.15) is 17.1 Å². The molecule has 1 aromatic heterocycles. The minimum absolute atomic E-state index is 0.00488. The Labute approximate surface area is 186 Å². The molecule has 1 fully saturated rings. The molecule has 0 bridgehead atoms. The van der Waals surface area contributed by atoms with Crippen molar-refractivity contribution in [3.63, 3.8) is 0 Å². The first-order chi connectivity index (χ1) is 15.5. The smallest absolute Gasteiger partial charge is 0.195 e. The molecule has 2 heterocycles. The normalized spacial score (nSPS) is 15.2. The molecule has 1 aliphatic rings. The average molecular weight is 438 g/mol. The maximum atomic E-state index is 13.1. The lowest BCUT2D eigenvalue weighted by Gasteiger charge is -2.31. The number of ether oxygens (including phenoxy) is 1. The number of halogens is 1. The van der Waals surface area contributed by atoms with Crippen LogP contribution >= 0.6 is 0 Å². The van der Waals surface area contributed by atoms with Gasteiger partial charge in [0, 0.05) is 17.0 Å². The molecule has 0 atom stereocenters. The number of piperidine rings is 1. The van der Waals surface area contributed by atoms with Gasteiger partial charge in [-0.15, -0.1) is 0 Å². The maximum Gasteiger partial charge on any atom is 0.195 e. The molecule has 0 N–H and O–H groups in total. The highest BCUT2D eigenvalue weighted by molar-refractivity contribution is 5.97. The third-order valence-corrected chi connectivity index (χ3v) is 6.31. The first-order valence-corrected chi connectivity index (χ1v) is 11.2. The first kappa shape index (κ1) is 22.2. The third kappa shape index (κ3) is 5.07. The van der Waals surface area contributed by atoms with Gasteiger partial charge in [0.2, 0.25) is 0 Å². The Balaban J connectivity index is 1.24. The summed E-state index contributed by atoms with van der Waals surface area (Å²) in [6, 6.07) is 11.1. The summed E-state index contributed by atoms with van der Waals surface area (Å²) < 4.78 is 23.9. The third-order valence-electron chi connectivity index (χ3n) is 6.31. The fraction of sp³-hybridized carbons (Fsp3) is 0.385. The van der Waals surface area contributed by atoms with Gasteiger partial charge in [-0.3, -0.25) is 9.59 Å². The van der Waals surface area contributed by atoms with Gasteiger partial charge in [-0.1, -0.05) is 0 Å². The molecule has 3 aromatic rings. The number of unbranched alkanes of at least 4 members (excludes halogenated alkanes) is 1. The number of ketones is 1. The highest BCUT2D eigenvalue weighted by Crippen LogP contribution is 2.23. The van der Waals surface area contributed by atoms with Gasteiger partial charge in [-0.25, -0.2) is 4.39 Å². The predicted molar refractivity (Wildman–Crippen MR) is 122 cm³/mol. The molecular formula is C26H28FNO4. The summed E-state index contributed by atoms with van der Waals surface area (Å²) in [6.07, 6.45) is 5.78. The van der Waals surface area contributed by atoms with E-state index >= 15 is 0 Å². The number of aryl methyl sites for hydroxylation is 1. The van der Waals surface area contributed by atoms with Crippen molar-refractivity contribution in [3.8, 4) is 5.75 Å². The molecule has 0 amide bonds. The number of likely N-dealkylation sites (tertiary alicyclic amines) is 1. The molecule has 1 saturated heterocycles. The van der Waals surface area contributed by atoms with E-state index in [2.05, 4.69) is 4.90 Å². The van der Waals surface area contributed by atoms with Crippen molar-refractivity contribution in [2.45, 2.75) is 32.1 Å². The fourth-order valence-corrected chi connectivity index (χ4v) is 4.37. The molecule has 1 aliphatic heterocycles. The van der Waals surface area contributed by atoms with Gasteiger partial charge in [0.15, 0.2) is 11.2 Å². The molecule has 0 spiro atoms. The van der Waals surface area contributed by atoms with Gasteiger partial charge in [-0.2, -0.15) is 0 Å². The van der Waals surface area contributed by atoms with Crippen molar-refractivity contribution in [2.75, 3.05) is 26.7 Å². The molecule has 32 heavy (non-hydrogen) atoms. The summed E-state index contributed by atoms with van der Waals surface area (Å²) >= 11 is 0. The van der Waals surface area contributed by atoms with Crippen LogP contribution in [-0.4, -0.2) is 37.4 Å². The number of nitrogens with zero attached hydrogens (tertiary/aromatic N) is 1. The van der Waals surface area contributed by atoms with Crippen LogP contribution < -0.4 is 10.2 Å². The molecule has 0 saturated carbocycles. The van der Waals surface area contributed by atoms with Crippen molar-refractivity contribution >= 4 is 16.8 Å². The lowest BCUT2D eigenvalue weighted by atomic mass is 9.89. The molecular weight excluding hydrogens is 409 g/mol. The van der Waals surface area contributed by atoms with Crippen LogP contribution in [0.3, 0.4) is 0 Å². The summed E-state index contributed by atoms with van der Waals surface area (Å²) in [6.45, 7) is 2.72. The summed E-state index contributed by atoms with van der Waals surface area (Å²) in [5.74, 6) is 0.445. The molecule has 2 aromatic carbocycles. The van der Waals surface area contributed by atoms with Crippen molar-refractivity contribution in [2.24, 2.45) is 5.92 Å². The number of rotatable bonds is 8. The minimum atomic E-state index is -0.322. The minimum Gasteiger partial charge on any atom is -0.497 e. The maximum absolute atomic E-state index is 13.1. The SMILES string of the molecule is COc1ccc2occ(CCCCN3CCC(C(=O)c4ccc(F)cc4)CC3)c(=O)c2c1. The van der Waals surface area contributed by atoms with Crippen LogP contribution in [0.2, 0.25) is 0 Å². The number of carbonyl (C=O) groups is 1. The van der Waals surface area contributed by atoms with Crippen molar-refractivity contribution in [1.82, 2.24) is 4.90 Å². The molecule has 0 radical (unpaired) electrons. The second kappa shape index (κ2) is 10.1. The van der Waals surface area contributed by atoms with Crippen molar-refractivity contribution in [1.29, 1.82) is 0 Å². The highest BCUT2D eigenvalue weighted by Gasteiger charge is 2.25. The van der Waals surface area contributed by atoms with Crippen LogP contribution in [0.1, 0.15) is 41.6 Å². The van der Waals surface area contributed by atoms with Crippen LogP contribution in [0.4, 0.5) is 4.39 Å². The lowest BCUT2D eigenvalue weighted by molar-refractivity contribution is 0.0839. The standard InChI is InChI=1S/C26H28FNO4/c1-31-22-9-10-24-23(16-22)26(30)20(17-32-24)4-2-3-13-28-14-11-19(12-15-28)25(29)18-5-7-21(27)8-6-18/h5-10,16-17,19H,2-4,11-15H2,1H3. The number of fused-ring (bicyclic) bond motifs is 1. The summed E-state index contributed by atoms with van der Waals surface area (Å²) in [5.41, 5.74) is 1.86. The summed E-state index contributed by atoms with van der Waals surface area (Å²) in [4.78, 5) is 27.7. The molecule has 5 nitrogen and oxygen atoms in total. The summed E-state index contributed by atoms with van der Waals surface area (Å²) in [7, 11) is 1.58. The van der Waals surface area contributed by atoms with Gasteiger partial charge in [0.05, 0.1) is 18.8 Å². The van der Waals surface area contributed by atoms with E-state index in [0.29, 0.717) is 34.3 Å². The van der Waals surface area contributed by atoms with E-state index in [1.54, 1.807) is 43.7 Å². The topological polar surface area (TPSA) is 59.8 Å². The number of carbonyl (C=O) groups excluding carboxylic acids is 1. The second-order valence-corrected chi connectivity index (χ2v) is 8.40.